The normalized spacial score (nSPS) is 19.3. The number of carbonyl (C=O) groups is 3. The highest BCUT2D eigenvalue weighted by atomic mass is 32.1. The fourth-order valence-electron chi connectivity index (χ4n) is 5.89. The number of morpholine rings is 1. The molecule has 1 aromatic heterocycles. The number of rotatable bonds is 9. The molecule has 3 aliphatic rings. The van der Waals surface area contributed by atoms with E-state index in [-0.39, 0.29) is 29.5 Å². The van der Waals surface area contributed by atoms with Crippen LogP contribution < -0.4 is 20.5 Å². The largest absolute Gasteiger partial charge is 0.448 e. The van der Waals surface area contributed by atoms with Gasteiger partial charge in [-0.15, -0.1) is 15.8 Å². The number of likely N-dealkylation sites (tertiary alicyclic amines) is 1. The van der Waals surface area contributed by atoms with Crippen LogP contribution in [0.2, 0.25) is 0 Å². The van der Waals surface area contributed by atoms with Gasteiger partial charge in [0.15, 0.2) is 6.17 Å². The zero-order chi connectivity index (χ0) is 31.3. The molecule has 3 amide bonds. The highest BCUT2D eigenvalue weighted by Crippen LogP contribution is 2.45. The van der Waals surface area contributed by atoms with Gasteiger partial charge in [-0.05, 0) is 74.0 Å². The first-order valence-corrected chi connectivity index (χ1v) is 16.1. The lowest BCUT2D eigenvalue weighted by atomic mass is 10.1. The first kappa shape index (κ1) is 31.0. The number of carbonyl (C=O) groups excluding carboxylic acids is 3. The van der Waals surface area contributed by atoms with E-state index in [9.17, 15) is 14.4 Å². The summed E-state index contributed by atoms with van der Waals surface area (Å²) >= 11 is 1.03. The number of halogens is 1. The molecule has 6 rings (SSSR count). The average Bonchev–Trinajstić information content (AvgIpc) is 3.80. The minimum Gasteiger partial charge on any atom is -0.448 e. The molecule has 1 unspecified atom stereocenters. The van der Waals surface area contributed by atoms with Crippen molar-refractivity contribution in [1.29, 1.82) is 0 Å². The van der Waals surface area contributed by atoms with Crippen LogP contribution in [-0.2, 0) is 9.47 Å². The fourth-order valence-corrected chi connectivity index (χ4v) is 6.96. The number of fused-ring (bicyclic) bond motifs is 1. The van der Waals surface area contributed by atoms with Crippen molar-refractivity contribution < 1.29 is 28.3 Å². The van der Waals surface area contributed by atoms with Crippen molar-refractivity contribution in [3.05, 3.63) is 81.5 Å². The Balaban J connectivity index is 1.22. The van der Waals surface area contributed by atoms with Crippen LogP contribution in [0.5, 0.6) is 0 Å². The Labute approximate surface area is 265 Å². The number of benzene rings is 2. The van der Waals surface area contributed by atoms with E-state index in [0.717, 1.165) is 66.6 Å². The van der Waals surface area contributed by atoms with Crippen molar-refractivity contribution in [2.75, 3.05) is 62.5 Å². The van der Waals surface area contributed by atoms with Gasteiger partial charge in [-0.25, -0.2) is 4.79 Å². The van der Waals surface area contributed by atoms with E-state index in [1.54, 1.807) is 19.1 Å². The zero-order valence-electron chi connectivity index (χ0n) is 25.1. The summed E-state index contributed by atoms with van der Waals surface area (Å²) in [6.45, 7) is 7.06. The predicted molar refractivity (Wildman–Crippen MR) is 169 cm³/mol. The molecule has 2 aromatic carbocycles. The van der Waals surface area contributed by atoms with Crippen LogP contribution in [0.4, 0.5) is 20.7 Å². The third-order valence-corrected chi connectivity index (χ3v) is 9.38. The van der Waals surface area contributed by atoms with Gasteiger partial charge in [0, 0.05) is 30.9 Å². The third kappa shape index (κ3) is 6.81. The van der Waals surface area contributed by atoms with E-state index >= 15 is 4.48 Å². The van der Waals surface area contributed by atoms with Crippen LogP contribution in [0.25, 0.3) is 0 Å². The summed E-state index contributed by atoms with van der Waals surface area (Å²) in [7, 11) is 0. The minimum atomic E-state index is -1.34. The maximum absolute atomic E-state index is 15.8. The molecule has 0 saturated carbocycles. The van der Waals surface area contributed by atoms with Crippen LogP contribution in [0.3, 0.4) is 0 Å². The molecule has 3 aromatic rings. The van der Waals surface area contributed by atoms with Gasteiger partial charge in [-0.1, -0.05) is 30.3 Å². The molecular weight excluding hydrogens is 599 g/mol. The second-order valence-electron chi connectivity index (χ2n) is 11.1. The maximum atomic E-state index is 15.8. The molecular formula is C32H37FN6O5S. The van der Waals surface area contributed by atoms with Crippen LogP contribution >= 0.6 is 11.3 Å². The van der Waals surface area contributed by atoms with E-state index < -0.39 is 18.2 Å². The van der Waals surface area contributed by atoms with Crippen LogP contribution in [0.1, 0.15) is 62.4 Å². The van der Waals surface area contributed by atoms with Gasteiger partial charge in [-0.2, -0.15) is 5.01 Å². The lowest BCUT2D eigenvalue weighted by Crippen LogP contribution is -2.44. The maximum Gasteiger partial charge on any atom is 0.431 e. The van der Waals surface area contributed by atoms with Gasteiger partial charge in [0.2, 0.25) is 0 Å². The molecule has 3 aliphatic heterocycles. The van der Waals surface area contributed by atoms with Crippen LogP contribution in [0, 0.1) is 0 Å². The number of amides is 3. The molecule has 0 radical (unpaired) electrons. The molecule has 11 nitrogen and oxygen atoms in total. The van der Waals surface area contributed by atoms with E-state index in [4.69, 9.17) is 9.47 Å². The Morgan fingerprint density at radius 1 is 1.00 bits per heavy atom. The van der Waals surface area contributed by atoms with E-state index in [1.807, 2.05) is 42.5 Å². The molecule has 0 bridgehead atoms. The molecule has 2 N–H and O–H groups in total. The molecule has 2 atom stereocenters. The highest BCUT2D eigenvalue weighted by molar-refractivity contribution is 7.14. The Bertz CT molecular complexity index is 1490. The Morgan fingerprint density at radius 2 is 1.71 bits per heavy atom. The highest BCUT2D eigenvalue weighted by Gasteiger charge is 2.45. The number of anilines is 2. The summed E-state index contributed by atoms with van der Waals surface area (Å²) < 4.78 is 26.3. The second kappa shape index (κ2) is 13.9. The van der Waals surface area contributed by atoms with Crippen molar-refractivity contribution in [1.82, 2.24) is 20.8 Å². The summed E-state index contributed by atoms with van der Waals surface area (Å²) in [5, 5.41) is 6.70. The number of hydrazine groups is 1. The van der Waals surface area contributed by atoms with Gasteiger partial charge in [0.05, 0.1) is 41.3 Å². The molecule has 0 spiro atoms. The van der Waals surface area contributed by atoms with Crippen molar-refractivity contribution >= 4 is 40.6 Å². The molecule has 2 fully saturated rings. The van der Waals surface area contributed by atoms with Gasteiger partial charge in [0.25, 0.3) is 11.8 Å². The third-order valence-electron chi connectivity index (χ3n) is 8.21. The molecule has 0 aliphatic carbocycles. The second-order valence-corrected chi connectivity index (χ2v) is 12.2. The quantitative estimate of drug-likeness (QED) is 0.327. The van der Waals surface area contributed by atoms with Crippen LogP contribution in [-0.4, -0.2) is 80.6 Å². The summed E-state index contributed by atoms with van der Waals surface area (Å²) in [6.07, 6.45) is -0.0331. The predicted octanol–water partition coefficient (Wildman–Crippen LogP) is 4.66. The molecule has 238 valence electrons. The van der Waals surface area contributed by atoms with Crippen molar-refractivity contribution in [3.63, 3.8) is 0 Å². The SMILES string of the molecule is CCOC(=O)N1c2cc(C(=O)N[C@H](CN3CCCC3)c3ccccc3)sc2C(NC(=O)c2ccc(N3CCOCC3)cc2)N1F. The lowest BCUT2D eigenvalue weighted by Gasteiger charge is -2.29. The smallest absolute Gasteiger partial charge is 0.431 e. The summed E-state index contributed by atoms with van der Waals surface area (Å²) in [5.41, 5.74) is 2.43. The zero-order valence-corrected chi connectivity index (χ0v) is 25.9. The monoisotopic (exact) mass is 636 g/mol. The van der Waals surface area contributed by atoms with Crippen LogP contribution in [0.15, 0.2) is 60.7 Å². The Morgan fingerprint density at radius 3 is 2.40 bits per heavy atom. The molecule has 13 heteroatoms. The van der Waals surface area contributed by atoms with E-state index in [0.29, 0.717) is 35.1 Å². The van der Waals surface area contributed by atoms with Crippen molar-refractivity contribution in [3.8, 4) is 0 Å². The van der Waals surface area contributed by atoms with Gasteiger partial charge >= 0.3 is 6.09 Å². The van der Waals surface area contributed by atoms with E-state index in [2.05, 4.69) is 20.4 Å². The number of hydrogen-bond donors (Lipinski definition) is 2. The standard InChI is InChI=1S/C32H37FN6O5S/c1-2-44-32(42)38-26-20-27(31(41)34-25(21-36-14-6-7-15-36)22-8-4-3-5-9-22)45-28(26)29(39(38)33)35-30(40)23-10-12-24(13-11-23)37-16-18-43-19-17-37/h3-5,8-13,20,25,29H,2,6-7,14-19,21H2,1H3,(H,34,41)(H,35,40)/t25-,29?/m1/s1. The average molecular weight is 637 g/mol. The molecule has 45 heavy (non-hydrogen) atoms. The summed E-state index contributed by atoms with van der Waals surface area (Å²) in [5.74, 6) is -0.873. The number of hydrogen-bond acceptors (Lipinski definition) is 9. The lowest BCUT2D eigenvalue weighted by molar-refractivity contribution is -0.0318. The van der Waals surface area contributed by atoms with Gasteiger partial charge in [-0.3, -0.25) is 9.59 Å². The Kier molecular flexibility index (Phi) is 9.59. The molecule has 4 heterocycles. The number of ether oxygens (including phenoxy) is 2. The van der Waals surface area contributed by atoms with Crippen molar-refractivity contribution in [2.24, 2.45) is 0 Å². The first-order chi connectivity index (χ1) is 21.9. The van der Waals surface area contributed by atoms with Gasteiger partial charge in [0.1, 0.15) is 0 Å². The Hall–Kier alpha value is -4.04. The topological polar surface area (TPSA) is 107 Å². The van der Waals surface area contributed by atoms with Gasteiger partial charge < -0.3 is 29.9 Å². The van der Waals surface area contributed by atoms with Crippen molar-refractivity contribution in [2.45, 2.75) is 32.0 Å². The first-order valence-electron chi connectivity index (χ1n) is 15.3. The summed E-state index contributed by atoms with van der Waals surface area (Å²) in [6, 6.07) is 18.0. The summed E-state index contributed by atoms with van der Waals surface area (Å²) in [4.78, 5) is 44.9. The minimum absolute atomic E-state index is 0.0256. The number of nitrogens with zero attached hydrogens (tertiary/aromatic N) is 4. The number of nitrogens with one attached hydrogen (secondary N) is 2. The van der Waals surface area contributed by atoms with E-state index in [1.165, 1.54) is 6.07 Å². The number of thiophene rings is 1. The fraction of sp³-hybridized carbons (Fsp3) is 0.406. The molecule has 2 saturated heterocycles.